The van der Waals surface area contributed by atoms with Crippen LogP contribution in [0.25, 0.3) is 0 Å². The fourth-order valence-corrected chi connectivity index (χ4v) is 5.06. The third-order valence-corrected chi connectivity index (χ3v) is 6.25. The van der Waals surface area contributed by atoms with E-state index in [0.717, 1.165) is 57.7 Å². The molecule has 3 aliphatic heterocycles. The van der Waals surface area contributed by atoms with Gasteiger partial charge in [0, 0.05) is 19.6 Å². The van der Waals surface area contributed by atoms with Gasteiger partial charge in [0.05, 0.1) is 24.4 Å². The predicted molar refractivity (Wildman–Crippen MR) is 100 cm³/mol. The predicted octanol–water partition coefficient (Wildman–Crippen LogP) is 2.32. The summed E-state index contributed by atoms with van der Waals surface area (Å²) in [5.41, 5.74) is 1.50. The lowest BCUT2D eigenvalue weighted by Gasteiger charge is -2.39. The number of hydrogen-bond acceptors (Lipinski definition) is 4. The van der Waals surface area contributed by atoms with Gasteiger partial charge >= 0.3 is 0 Å². The molecule has 1 aromatic heterocycles. The molecule has 3 saturated heterocycles. The Morgan fingerprint density at radius 1 is 1.31 bits per heavy atom. The Balaban J connectivity index is 1.41. The number of amides is 1. The highest BCUT2D eigenvalue weighted by atomic mass is 16.5. The van der Waals surface area contributed by atoms with E-state index in [9.17, 15) is 4.79 Å². The normalized spacial score (nSPS) is 29.8. The van der Waals surface area contributed by atoms with Crippen molar-refractivity contribution >= 4 is 5.91 Å². The van der Waals surface area contributed by atoms with Crippen LogP contribution in [0.15, 0.2) is 6.07 Å². The maximum Gasteiger partial charge on any atom is 0.272 e. The standard InChI is InChI=1S/C20H32N4O2/c1-3-24-18(11-16(2)21-24)19(25)23-10-6-7-20(15-23)12-17(14-26-20)13-22-8-4-5-9-22/h11,17H,3-10,12-15H2,1-2H3. The Bertz CT molecular complexity index is 652. The SMILES string of the molecule is CCn1nc(C)cc1C(=O)N1CCCC2(CC(CN3CCCC3)CO2)C1. The molecule has 4 rings (SSSR count). The average Bonchev–Trinajstić information content (AvgIpc) is 3.36. The van der Waals surface area contributed by atoms with Crippen LogP contribution >= 0.6 is 0 Å². The summed E-state index contributed by atoms with van der Waals surface area (Å²) in [5.74, 6) is 0.727. The van der Waals surface area contributed by atoms with Gasteiger partial charge in [-0.3, -0.25) is 9.48 Å². The molecule has 2 unspecified atom stereocenters. The molecule has 3 fully saturated rings. The van der Waals surface area contributed by atoms with Crippen molar-refractivity contribution in [1.82, 2.24) is 19.6 Å². The summed E-state index contributed by atoms with van der Waals surface area (Å²) >= 11 is 0. The van der Waals surface area contributed by atoms with Crippen LogP contribution in [-0.2, 0) is 11.3 Å². The fourth-order valence-electron chi connectivity index (χ4n) is 5.06. The van der Waals surface area contributed by atoms with Gasteiger partial charge in [0.15, 0.2) is 0 Å². The molecular weight excluding hydrogens is 328 g/mol. The van der Waals surface area contributed by atoms with Crippen molar-refractivity contribution in [2.24, 2.45) is 5.92 Å². The molecular formula is C20H32N4O2. The van der Waals surface area contributed by atoms with E-state index in [1.165, 1.54) is 25.9 Å². The number of carbonyl (C=O) groups is 1. The van der Waals surface area contributed by atoms with Crippen molar-refractivity contribution in [2.45, 2.75) is 58.1 Å². The minimum absolute atomic E-state index is 0.109. The van der Waals surface area contributed by atoms with Crippen molar-refractivity contribution < 1.29 is 9.53 Å². The van der Waals surface area contributed by atoms with E-state index >= 15 is 0 Å². The number of ether oxygens (including phenoxy) is 1. The third kappa shape index (κ3) is 3.54. The van der Waals surface area contributed by atoms with Crippen molar-refractivity contribution in [3.63, 3.8) is 0 Å². The molecule has 3 aliphatic rings. The van der Waals surface area contributed by atoms with Gasteiger partial charge in [-0.25, -0.2) is 0 Å². The van der Waals surface area contributed by atoms with E-state index in [-0.39, 0.29) is 11.5 Å². The van der Waals surface area contributed by atoms with Gasteiger partial charge in [0.2, 0.25) is 0 Å². The highest BCUT2D eigenvalue weighted by Crippen LogP contribution is 2.38. The molecule has 4 heterocycles. The molecule has 1 aromatic rings. The number of nitrogens with zero attached hydrogens (tertiary/aromatic N) is 4. The van der Waals surface area contributed by atoms with Crippen molar-refractivity contribution in [1.29, 1.82) is 0 Å². The van der Waals surface area contributed by atoms with Crippen LogP contribution in [0.5, 0.6) is 0 Å². The smallest absolute Gasteiger partial charge is 0.272 e. The van der Waals surface area contributed by atoms with Gasteiger partial charge in [-0.15, -0.1) is 0 Å². The number of likely N-dealkylation sites (tertiary alicyclic amines) is 2. The Morgan fingerprint density at radius 2 is 2.12 bits per heavy atom. The number of aromatic nitrogens is 2. The first-order valence-electron chi connectivity index (χ1n) is 10.3. The highest BCUT2D eigenvalue weighted by Gasteiger charge is 2.45. The van der Waals surface area contributed by atoms with Gasteiger partial charge in [0.1, 0.15) is 5.69 Å². The van der Waals surface area contributed by atoms with Gasteiger partial charge < -0.3 is 14.5 Å². The van der Waals surface area contributed by atoms with Crippen LogP contribution in [0.3, 0.4) is 0 Å². The van der Waals surface area contributed by atoms with Crippen LogP contribution < -0.4 is 0 Å². The minimum atomic E-state index is -0.121. The van der Waals surface area contributed by atoms with Gasteiger partial charge in [-0.1, -0.05) is 0 Å². The summed E-state index contributed by atoms with van der Waals surface area (Å²) in [7, 11) is 0. The van der Waals surface area contributed by atoms with Gasteiger partial charge in [0.25, 0.3) is 5.91 Å². The quantitative estimate of drug-likeness (QED) is 0.827. The maximum atomic E-state index is 13.1. The first kappa shape index (κ1) is 18.0. The molecule has 0 aromatic carbocycles. The van der Waals surface area contributed by atoms with E-state index in [1.807, 2.05) is 29.5 Å². The lowest BCUT2D eigenvalue weighted by molar-refractivity contribution is -0.0452. The lowest BCUT2D eigenvalue weighted by atomic mass is 9.86. The molecule has 2 atom stereocenters. The fraction of sp³-hybridized carbons (Fsp3) is 0.800. The van der Waals surface area contributed by atoms with Crippen molar-refractivity contribution in [3.8, 4) is 0 Å². The van der Waals surface area contributed by atoms with Crippen LogP contribution in [-0.4, -0.2) is 70.4 Å². The highest BCUT2D eigenvalue weighted by molar-refractivity contribution is 5.92. The molecule has 0 bridgehead atoms. The van der Waals surface area contributed by atoms with Crippen LogP contribution in [0, 0.1) is 12.8 Å². The summed E-state index contributed by atoms with van der Waals surface area (Å²) < 4.78 is 8.16. The Kier molecular flexibility index (Phi) is 5.06. The molecule has 144 valence electrons. The lowest BCUT2D eigenvalue weighted by Crippen LogP contribution is -2.50. The van der Waals surface area contributed by atoms with Gasteiger partial charge in [-0.05, 0) is 71.0 Å². The number of hydrogen-bond donors (Lipinski definition) is 0. The van der Waals surface area contributed by atoms with Gasteiger partial charge in [-0.2, -0.15) is 5.10 Å². The molecule has 6 nitrogen and oxygen atoms in total. The van der Waals surface area contributed by atoms with E-state index in [2.05, 4.69) is 10.00 Å². The zero-order valence-electron chi connectivity index (χ0n) is 16.2. The van der Waals surface area contributed by atoms with E-state index in [0.29, 0.717) is 11.6 Å². The summed E-state index contributed by atoms with van der Waals surface area (Å²) in [6.07, 6.45) is 5.89. The number of aryl methyl sites for hydroxylation is 2. The molecule has 1 amide bonds. The van der Waals surface area contributed by atoms with Crippen LogP contribution in [0.2, 0.25) is 0 Å². The second kappa shape index (κ2) is 7.31. The minimum Gasteiger partial charge on any atom is -0.373 e. The number of carbonyl (C=O) groups excluding carboxylic acids is 1. The topological polar surface area (TPSA) is 50.6 Å². The summed E-state index contributed by atoms with van der Waals surface area (Å²) in [4.78, 5) is 17.7. The molecule has 1 spiro atoms. The zero-order chi connectivity index (χ0) is 18.1. The molecule has 26 heavy (non-hydrogen) atoms. The molecule has 0 N–H and O–H groups in total. The Labute approximate surface area is 156 Å². The summed E-state index contributed by atoms with van der Waals surface area (Å²) in [6, 6.07) is 1.92. The maximum absolute atomic E-state index is 13.1. The molecule has 0 saturated carbocycles. The van der Waals surface area contributed by atoms with E-state index < -0.39 is 0 Å². The van der Waals surface area contributed by atoms with Crippen LogP contribution in [0.1, 0.15) is 55.2 Å². The average molecular weight is 361 g/mol. The second-order valence-electron chi connectivity index (χ2n) is 8.39. The number of rotatable bonds is 4. The monoisotopic (exact) mass is 360 g/mol. The van der Waals surface area contributed by atoms with Crippen molar-refractivity contribution in [2.75, 3.05) is 39.3 Å². The Hall–Kier alpha value is -1.40. The second-order valence-corrected chi connectivity index (χ2v) is 8.39. The summed E-state index contributed by atoms with van der Waals surface area (Å²) in [5, 5.41) is 4.44. The molecule has 6 heteroatoms. The summed E-state index contributed by atoms with van der Waals surface area (Å²) in [6.45, 7) is 10.8. The van der Waals surface area contributed by atoms with E-state index in [1.54, 1.807) is 0 Å². The molecule has 0 radical (unpaired) electrons. The Morgan fingerprint density at radius 3 is 2.88 bits per heavy atom. The zero-order valence-corrected chi connectivity index (χ0v) is 16.2. The largest absolute Gasteiger partial charge is 0.373 e. The molecule has 0 aliphatic carbocycles. The number of piperidine rings is 1. The first-order valence-corrected chi connectivity index (χ1v) is 10.3. The van der Waals surface area contributed by atoms with E-state index in [4.69, 9.17) is 4.74 Å². The third-order valence-electron chi connectivity index (χ3n) is 6.25. The van der Waals surface area contributed by atoms with Crippen molar-refractivity contribution in [3.05, 3.63) is 17.5 Å². The first-order chi connectivity index (χ1) is 12.6. The van der Waals surface area contributed by atoms with Crippen LogP contribution in [0.4, 0.5) is 0 Å².